The molecule has 0 saturated heterocycles. The maximum absolute atomic E-state index is 14.5. The lowest BCUT2D eigenvalue weighted by Gasteiger charge is -2.47. The molecule has 8 heterocycles. The number of anilines is 4. The van der Waals surface area contributed by atoms with Crippen molar-refractivity contribution in [3.8, 4) is 78.9 Å². The normalized spacial score (nSPS) is 23.5. The van der Waals surface area contributed by atoms with Crippen LogP contribution in [0.3, 0.4) is 0 Å². The van der Waals surface area contributed by atoms with Gasteiger partial charge in [0.05, 0.1) is 44.1 Å². The fourth-order valence-corrected chi connectivity index (χ4v) is 25.9. The maximum atomic E-state index is 14.5. The molecule has 144 heavy (non-hydrogen) atoms. The predicted octanol–water partition coefficient (Wildman–Crippen LogP) is 30.5. The van der Waals surface area contributed by atoms with E-state index in [0.29, 0.717) is 138 Å². The molecular weight excluding hydrogens is 1830 g/mol. The minimum atomic E-state index is -1.01. The molecule has 31 rings (SSSR count). The number of hydrogen-bond acceptors (Lipinski definition) is 12. The van der Waals surface area contributed by atoms with E-state index in [9.17, 15) is 43.9 Å². The highest BCUT2D eigenvalue weighted by Gasteiger charge is 2.46. The van der Waals surface area contributed by atoms with Gasteiger partial charge in [-0.15, -0.1) is 0 Å². The number of nitrogens with one attached hydrogen (secondary N) is 8. The molecule has 0 amide bonds. The Morgan fingerprint density at radius 1 is 0.215 bits per heavy atom. The van der Waals surface area contributed by atoms with E-state index < -0.39 is 58.2 Å². The van der Waals surface area contributed by atoms with E-state index in [1.54, 1.807) is 18.6 Å². The van der Waals surface area contributed by atoms with Crippen LogP contribution in [0.2, 0.25) is 0 Å². The number of rotatable bonds is 15. The highest BCUT2D eigenvalue weighted by atomic mass is 19.2. The molecule has 16 nitrogen and oxygen atoms in total. The van der Waals surface area contributed by atoms with Gasteiger partial charge in [-0.05, 0) is 274 Å². The molecule has 0 radical (unpaired) electrons. The topological polar surface area (TPSA) is 214 Å². The number of hydrogen-bond donors (Lipinski definition) is 8. The predicted molar refractivity (Wildman–Crippen MR) is 551 cm³/mol. The van der Waals surface area contributed by atoms with E-state index in [2.05, 4.69) is 170 Å². The van der Waals surface area contributed by atoms with Gasteiger partial charge in [-0.1, -0.05) is 137 Å². The second-order valence-corrected chi connectivity index (χ2v) is 41.5. The van der Waals surface area contributed by atoms with Crippen LogP contribution in [0.1, 0.15) is 130 Å². The summed E-state index contributed by atoms with van der Waals surface area (Å²) < 4.78 is 142. The van der Waals surface area contributed by atoms with Crippen LogP contribution in [0.4, 0.5) is 67.2 Å². The number of fused-ring (bicyclic) bond motifs is 20. The van der Waals surface area contributed by atoms with Crippen molar-refractivity contribution in [2.75, 3.05) is 21.3 Å². The van der Waals surface area contributed by atoms with Crippen LogP contribution in [0, 0.1) is 129 Å². The number of aromatic amines is 4. The summed E-state index contributed by atoms with van der Waals surface area (Å²) >= 11 is 0. The van der Waals surface area contributed by atoms with Crippen molar-refractivity contribution in [1.29, 1.82) is 0 Å². The molecule has 11 aromatic carbocycles. The molecule has 12 aliphatic rings. The smallest absolute Gasteiger partial charge is 0.164 e. The second-order valence-electron chi connectivity index (χ2n) is 41.5. The number of H-pyrrole nitrogens is 4. The van der Waals surface area contributed by atoms with Crippen LogP contribution in [0.15, 0.2) is 231 Å². The average molecular weight is 1940 g/mol. The van der Waals surface area contributed by atoms with Crippen LogP contribution in [0.25, 0.3) is 166 Å². The van der Waals surface area contributed by atoms with Crippen LogP contribution in [-0.2, 0) is 0 Å². The third kappa shape index (κ3) is 17.2. The van der Waals surface area contributed by atoms with Gasteiger partial charge in [0.25, 0.3) is 0 Å². The van der Waals surface area contributed by atoms with Gasteiger partial charge in [-0.25, -0.2) is 83.8 Å². The molecule has 8 N–H and O–H groups in total. The first-order valence-corrected chi connectivity index (χ1v) is 50.7. The third-order valence-electron chi connectivity index (χ3n) is 33.7. The fraction of sp³-hybridized carbons (Fsp3) is 0.305. The zero-order valence-corrected chi connectivity index (χ0v) is 79.8. The molecule has 26 heteroatoms. The minimum absolute atomic E-state index is 0.133. The summed E-state index contributed by atoms with van der Waals surface area (Å²) in [5, 5.41) is 19.8. The van der Waals surface area contributed by atoms with E-state index >= 15 is 0 Å². The summed E-state index contributed by atoms with van der Waals surface area (Å²) in [5.41, 5.74) is 12.2. The summed E-state index contributed by atoms with van der Waals surface area (Å²) in [5.74, 6) is 4.51. The van der Waals surface area contributed by atoms with Gasteiger partial charge in [0.1, 0.15) is 69.8 Å². The van der Waals surface area contributed by atoms with Gasteiger partial charge >= 0.3 is 0 Å². The SMILES string of the molecule is CC1C2CCC(CC2)C1Nc1nc(-c2c[nH]c3c(F)cc(F)cc23)nc2cc(-c3ccccc3)ccc12.CC1C2CCC(CC2)C1Nc1nc(-c2c[nH]c3c(F)cc(F)cc23)nc2cc(F)c(F)cc12.C[C@@H]1C2CCC(CC2)[C@H]1Nc1nc(-c2c[nH]c3c(F)cc(F)cc23)nc2cc(-c3ccccc3)ccc12.C[C@H]1C2CCC(CC2)[C@@H]1Nc1nc(-c2c[nH]c3c(F)cc(F)cc23)nc2cc(-c3ccccc3)ccc12. The molecule has 8 bridgehead atoms. The van der Waals surface area contributed by atoms with Crippen LogP contribution in [-0.4, -0.2) is 84.0 Å². The largest absolute Gasteiger partial charge is 0.366 e. The molecule has 19 aromatic rings. The van der Waals surface area contributed by atoms with Gasteiger partial charge in [0.2, 0.25) is 0 Å². The Morgan fingerprint density at radius 2 is 0.444 bits per heavy atom. The van der Waals surface area contributed by atoms with Gasteiger partial charge < -0.3 is 41.2 Å². The summed E-state index contributed by atoms with van der Waals surface area (Å²) in [6.07, 6.45) is 26.6. The second kappa shape index (κ2) is 37.6. The van der Waals surface area contributed by atoms with Crippen molar-refractivity contribution in [1.82, 2.24) is 59.8 Å². The van der Waals surface area contributed by atoms with E-state index in [1.165, 1.54) is 120 Å². The van der Waals surface area contributed by atoms with Gasteiger partial charge in [-0.3, -0.25) is 0 Å². The average Bonchev–Trinajstić information content (AvgIpc) is 1.44. The zero-order chi connectivity index (χ0) is 98.1. The molecule has 8 aromatic heterocycles. The highest BCUT2D eigenvalue weighted by molar-refractivity contribution is 6.03. The fourth-order valence-electron chi connectivity index (χ4n) is 25.9. The molecule has 12 saturated carbocycles. The molecule has 12 fully saturated rings. The molecular formula is C118H106F10N16. The van der Waals surface area contributed by atoms with Gasteiger partial charge in [0, 0.05) is 145 Å². The quantitative estimate of drug-likeness (QED) is 0.0450. The number of benzene rings is 11. The lowest BCUT2D eigenvalue weighted by molar-refractivity contribution is 0.0929. The van der Waals surface area contributed by atoms with Crippen molar-refractivity contribution in [2.45, 2.75) is 155 Å². The first kappa shape index (κ1) is 91.9. The molecule has 728 valence electrons. The van der Waals surface area contributed by atoms with Crippen molar-refractivity contribution in [3.63, 3.8) is 0 Å². The standard InChI is InChI=1S/3C31H28F2N4.C25H22F4N4/c3*1-17-18-7-9-20(10-8-18)28(17)36-30-23-12-11-21(19-5-3-2-4-6-19)13-27(23)35-31(37-30)25-16-34-29-24(25)14-22(32)15-26(29)33;1-11-12-2-4-13(5-3-12)22(11)32-24-16-8-18(27)19(28)9-21(16)31-25(33-24)17-10-30-23-15(17)6-14(26)7-20(23)29/h3*2-6,11-18,20,28,34H,7-10H2,1H3,(H,35,36,37);6-13,22,30H,2-5H2,1H3,(H,31,32,33)/t2*17-,18?,20?,28+;;/m10../s1. The van der Waals surface area contributed by atoms with E-state index in [0.717, 1.165) is 151 Å². The van der Waals surface area contributed by atoms with E-state index in [1.807, 2.05) is 54.6 Å². The Balaban J connectivity index is 0.000000103. The van der Waals surface area contributed by atoms with Crippen molar-refractivity contribution in [3.05, 3.63) is 289 Å². The first-order valence-electron chi connectivity index (χ1n) is 50.7. The van der Waals surface area contributed by atoms with Crippen molar-refractivity contribution in [2.24, 2.45) is 71.0 Å². The van der Waals surface area contributed by atoms with Gasteiger partial charge in [0.15, 0.2) is 34.9 Å². The van der Waals surface area contributed by atoms with Crippen molar-refractivity contribution < 1.29 is 43.9 Å². The van der Waals surface area contributed by atoms with Crippen LogP contribution >= 0.6 is 0 Å². The summed E-state index contributed by atoms with van der Waals surface area (Å²) in [6, 6.07) is 61.5. The van der Waals surface area contributed by atoms with Crippen LogP contribution in [0.5, 0.6) is 0 Å². The third-order valence-corrected chi connectivity index (χ3v) is 33.7. The lowest BCUT2D eigenvalue weighted by atomic mass is 9.62. The minimum Gasteiger partial charge on any atom is -0.366 e. The highest BCUT2D eigenvalue weighted by Crippen LogP contribution is 2.53. The molecule has 4 unspecified atom stereocenters. The monoisotopic (exact) mass is 1940 g/mol. The van der Waals surface area contributed by atoms with E-state index in [4.69, 9.17) is 29.9 Å². The maximum Gasteiger partial charge on any atom is 0.164 e. The zero-order valence-electron chi connectivity index (χ0n) is 79.8. The summed E-state index contributed by atoms with van der Waals surface area (Å²) in [4.78, 5) is 50.5. The molecule has 8 atom stereocenters. The van der Waals surface area contributed by atoms with Crippen LogP contribution < -0.4 is 21.3 Å². The molecule has 0 aliphatic heterocycles. The Kier molecular flexibility index (Phi) is 24.0. The Bertz CT molecular complexity index is 7550. The van der Waals surface area contributed by atoms with Gasteiger partial charge in [-0.2, -0.15) is 0 Å². The summed E-state index contributed by atoms with van der Waals surface area (Å²) in [6.45, 7) is 9.30. The number of nitrogens with zero attached hydrogens (tertiary/aromatic N) is 8. The Hall–Kier alpha value is -14.6. The first-order chi connectivity index (χ1) is 70.0. The Labute approximate surface area is 824 Å². The van der Waals surface area contributed by atoms with Crippen molar-refractivity contribution >= 4 is 110 Å². The number of aromatic nitrogens is 12. The summed E-state index contributed by atoms with van der Waals surface area (Å²) in [7, 11) is 0. The Morgan fingerprint density at radius 3 is 0.694 bits per heavy atom. The molecule has 0 spiro atoms. The van der Waals surface area contributed by atoms with E-state index in [-0.39, 0.29) is 44.8 Å². The molecule has 12 aliphatic carbocycles. The lowest BCUT2D eigenvalue weighted by Crippen LogP contribution is -2.47. The number of halogens is 10.